The van der Waals surface area contributed by atoms with Crippen molar-refractivity contribution in [2.75, 3.05) is 12.4 Å². The van der Waals surface area contributed by atoms with Gasteiger partial charge in [0.05, 0.1) is 12.8 Å². The summed E-state index contributed by atoms with van der Waals surface area (Å²) in [6, 6.07) is 20.8. The fourth-order valence-corrected chi connectivity index (χ4v) is 3.87. The normalized spacial score (nSPS) is 11.0. The van der Waals surface area contributed by atoms with E-state index >= 15 is 0 Å². The van der Waals surface area contributed by atoms with Gasteiger partial charge >= 0.3 is 5.69 Å². The highest BCUT2D eigenvalue weighted by molar-refractivity contribution is 5.95. The van der Waals surface area contributed by atoms with Gasteiger partial charge in [-0.1, -0.05) is 12.1 Å². The molecule has 0 bridgehead atoms. The Hall–Kier alpha value is -6.05. The van der Waals surface area contributed by atoms with Crippen molar-refractivity contribution in [3.05, 3.63) is 118 Å². The summed E-state index contributed by atoms with van der Waals surface area (Å²) in [5.74, 6) is 0.792. The quantitative estimate of drug-likeness (QED) is 0.119. The van der Waals surface area contributed by atoms with E-state index in [1.165, 1.54) is 6.20 Å². The molecule has 0 aliphatic heterocycles. The summed E-state index contributed by atoms with van der Waals surface area (Å²) >= 11 is 0. The van der Waals surface area contributed by atoms with Gasteiger partial charge in [-0.2, -0.15) is 9.78 Å². The number of aromatic nitrogens is 6. The molecule has 0 saturated carbocycles. The van der Waals surface area contributed by atoms with E-state index < -0.39 is 17.7 Å². The third-order valence-electron chi connectivity index (χ3n) is 5.81. The SMILES string of the molecule is CC(=O)O.COc1cc(C(Nc2ccc(C(=N)N)cc2)c2nn(-c3cccnn3)c(=O)[nH]2)ccc1OCc1ccccn1. The number of carbonyl (C=O) groups is 1. The van der Waals surface area contributed by atoms with E-state index in [4.69, 9.17) is 30.5 Å². The maximum atomic E-state index is 12.8. The summed E-state index contributed by atoms with van der Waals surface area (Å²) in [6.45, 7) is 1.36. The second-order valence-corrected chi connectivity index (χ2v) is 8.92. The Morgan fingerprint density at radius 2 is 1.86 bits per heavy atom. The van der Waals surface area contributed by atoms with Gasteiger partial charge in [-0.05, 0) is 66.2 Å². The van der Waals surface area contributed by atoms with Crippen molar-refractivity contribution < 1.29 is 19.4 Å². The van der Waals surface area contributed by atoms with E-state index in [-0.39, 0.29) is 18.3 Å². The first kappa shape index (κ1) is 29.9. The monoisotopic (exact) mass is 583 g/mol. The van der Waals surface area contributed by atoms with Crippen LogP contribution in [0.2, 0.25) is 0 Å². The predicted molar refractivity (Wildman–Crippen MR) is 158 cm³/mol. The number of anilines is 1. The molecule has 1 unspecified atom stereocenters. The third-order valence-corrected chi connectivity index (χ3v) is 5.81. The topological polar surface area (TPSA) is 207 Å². The van der Waals surface area contributed by atoms with E-state index in [1.54, 1.807) is 55.8 Å². The predicted octanol–water partition coefficient (Wildman–Crippen LogP) is 2.91. The number of rotatable bonds is 10. The van der Waals surface area contributed by atoms with Gasteiger partial charge in [-0.3, -0.25) is 20.2 Å². The number of hydrogen-bond acceptors (Lipinski definition) is 10. The molecule has 3 heterocycles. The second kappa shape index (κ2) is 14.0. The summed E-state index contributed by atoms with van der Waals surface area (Å²) < 4.78 is 12.7. The molecule has 6 N–H and O–H groups in total. The van der Waals surface area contributed by atoms with Crippen LogP contribution in [0.25, 0.3) is 5.82 Å². The van der Waals surface area contributed by atoms with Crippen LogP contribution in [0.3, 0.4) is 0 Å². The summed E-state index contributed by atoms with van der Waals surface area (Å²) in [4.78, 5) is 28.9. The van der Waals surface area contributed by atoms with Crippen molar-refractivity contribution >= 4 is 17.5 Å². The zero-order valence-corrected chi connectivity index (χ0v) is 23.3. The Morgan fingerprint density at radius 3 is 2.49 bits per heavy atom. The third kappa shape index (κ3) is 8.00. The van der Waals surface area contributed by atoms with Crippen LogP contribution in [0, 0.1) is 5.41 Å². The number of amidine groups is 1. The van der Waals surface area contributed by atoms with Gasteiger partial charge < -0.3 is 25.6 Å². The number of aromatic amines is 1. The molecule has 0 aliphatic carbocycles. The Labute approximate surface area is 245 Å². The number of methoxy groups -OCH3 is 1. The largest absolute Gasteiger partial charge is 0.493 e. The maximum absolute atomic E-state index is 12.8. The average molecular weight is 584 g/mol. The molecule has 0 saturated heterocycles. The van der Waals surface area contributed by atoms with Crippen molar-refractivity contribution in [2.45, 2.75) is 19.6 Å². The summed E-state index contributed by atoms with van der Waals surface area (Å²) in [5.41, 5.74) is 7.97. The number of nitrogens with zero attached hydrogens (tertiary/aromatic N) is 5. The van der Waals surface area contributed by atoms with Crippen molar-refractivity contribution in [1.29, 1.82) is 5.41 Å². The minimum absolute atomic E-state index is 0.0313. The number of nitrogens with two attached hydrogens (primary N) is 1. The van der Waals surface area contributed by atoms with Crippen LogP contribution in [0.5, 0.6) is 11.5 Å². The van der Waals surface area contributed by atoms with Crippen molar-refractivity contribution in [1.82, 2.24) is 29.9 Å². The van der Waals surface area contributed by atoms with Crippen LogP contribution in [0.15, 0.2) is 90.0 Å². The average Bonchev–Trinajstić information content (AvgIpc) is 3.40. The summed E-state index contributed by atoms with van der Waals surface area (Å²) in [6.07, 6.45) is 3.22. The number of carboxylic acid groups (broad SMARTS) is 1. The molecule has 1 atom stereocenters. The summed E-state index contributed by atoms with van der Waals surface area (Å²) in [5, 5.41) is 30.8. The molecule has 0 spiro atoms. The van der Waals surface area contributed by atoms with Gasteiger partial charge in [0.15, 0.2) is 23.1 Å². The number of hydrogen-bond donors (Lipinski definition) is 5. The molecule has 0 radical (unpaired) electrons. The van der Waals surface area contributed by atoms with Crippen molar-refractivity contribution in [2.24, 2.45) is 5.73 Å². The number of pyridine rings is 1. The smallest absolute Gasteiger partial charge is 0.349 e. The first-order valence-corrected chi connectivity index (χ1v) is 12.8. The molecule has 0 fully saturated rings. The van der Waals surface area contributed by atoms with Gasteiger partial charge in [0.25, 0.3) is 5.97 Å². The van der Waals surface area contributed by atoms with Crippen LogP contribution in [-0.4, -0.2) is 54.0 Å². The summed E-state index contributed by atoms with van der Waals surface area (Å²) in [7, 11) is 1.56. The Kier molecular flexibility index (Phi) is 9.76. The van der Waals surface area contributed by atoms with Crippen LogP contribution in [-0.2, 0) is 11.4 Å². The zero-order chi connectivity index (χ0) is 30.8. The van der Waals surface area contributed by atoms with E-state index in [2.05, 4.69) is 30.6 Å². The minimum atomic E-state index is -0.833. The molecule has 5 aromatic rings. The van der Waals surface area contributed by atoms with Crippen LogP contribution in [0.4, 0.5) is 5.69 Å². The number of nitrogen functional groups attached to an aromatic ring is 1. The lowest BCUT2D eigenvalue weighted by Crippen LogP contribution is -2.17. The zero-order valence-electron chi connectivity index (χ0n) is 23.3. The number of H-pyrrole nitrogens is 1. The molecule has 43 heavy (non-hydrogen) atoms. The van der Waals surface area contributed by atoms with Gasteiger partial charge in [0.2, 0.25) is 0 Å². The van der Waals surface area contributed by atoms with Crippen LogP contribution < -0.4 is 26.2 Å². The standard InChI is InChI=1S/C27H25N9O3.C2H4O2/c1-38-22-15-18(9-12-21(22)39-16-20-5-2-3-13-30-20)24(32-19-10-7-17(8-11-19)25(28)29)26-33-27(37)36(35-26)23-6-4-14-31-34-23;1-2(3)4/h2-15,24,32H,16H2,1H3,(H3,28,29)(H,33,35,37);1H3,(H,3,4). The molecule has 2 aromatic carbocycles. The minimum Gasteiger partial charge on any atom is -0.493 e. The van der Waals surface area contributed by atoms with Gasteiger partial charge in [-0.25, -0.2) is 4.79 Å². The number of aliphatic carboxylic acids is 1. The number of benzene rings is 2. The fraction of sp³-hybridized carbons (Fsp3) is 0.138. The molecule has 14 heteroatoms. The number of ether oxygens (including phenoxy) is 2. The lowest BCUT2D eigenvalue weighted by atomic mass is 10.0. The lowest BCUT2D eigenvalue weighted by molar-refractivity contribution is -0.134. The highest BCUT2D eigenvalue weighted by Crippen LogP contribution is 2.33. The lowest BCUT2D eigenvalue weighted by Gasteiger charge is -2.20. The molecule has 5 rings (SSSR count). The highest BCUT2D eigenvalue weighted by atomic mass is 16.5. The van der Waals surface area contributed by atoms with Gasteiger partial charge in [-0.15, -0.1) is 10.2 Å². The Balaban J connectivity index is 0.000000996. The van der Waals surface area contributed by atoms with Crippen LogP contribution >= 0.6 is 0 Å². The Morgan fingerprint density at radius 1 is 1.09 bits per heavy atom. The molecule has 14 nitrogen and oxygen atoms in total. The maximum Gasteiger partial charge on any atom is 0.349 e. The second-order valence-electron chi connectivity index (χ2n) is 8.92. The number of carboxylic acids is 1. The van der Waals surface area contributed by atoms with Gasteiger partial charge in [0.1, 0.15) is 18.5 Å². The first-order valence-electron chi connectivity index (χ1n) is 12.8. The molecular formula is C29H29N9O5. The molecule has 0 aliphatic rings. The van der Waals surface area contributed by atoms with Crippen molar-refractivity contribution in [3.63, 3.8) is 0 Å². The Bertz CT molecular complexity index is 1720. The van der Waals surface area contributed by atoms with E-state index in [1.807, 2.05) is 30.3 Å². The fourth-order valence-electron chi connectivity index (χ4n) is 3.87. The molecule has 0 amide bonds. The number of nitrogens with one attached hydrogen (secondary N) is 3. The molecule has 220 valence electrons. The highest BCUT2D eigenvalue weighted by Gasteiger charge is 2.22. The molecular weight excluding hydrogens is 554 g/mol. The first-order chi connectivity index (χ1) is 20.7. The van der Waals surface area contributed by atoms with Crippen molar-refractivity contribution in [3.8, 4) is 17.3 Å². The van der Waals surface area contributed by atoms with Crippen LogP contribution in [0.1, 0.15) is 35.6 Å². The molecule has 3 aromatic heterocycles. The van der Waals surface area contributed by atoms with E-state index in [0.717, 1.165) is 22.9 Å². The van der Waals surface area contributed by atoms with E-state index in [0.29, 0.717) is 28.6 Å². The van der Waals surface area contributed by atoms with E-state index in [9.17, 15) is 4.79 Å². The van der Waals surface area contributed by atoms with Gasteiger partial charge in [0, 0.05) is 30.6 Å².